The van der Waals surface area contributed by atoms with Crippen molar-refractivity contribution in [1.82, 2.24) is 5.32 Å². The van der Waals surface area contributed by atoms with Gasteiger partial charge in [0.2, 0.25) is 0 Å². The molecule has 0 atom stereocenters. The summed E-state index contributed by atoms with van der Waals surface area (Å²) < 4.78 is 5.36. The van der Waals surface area contributed by atoms with Gasteiger partial charge in [-0.05, 0) is 19.9 Å². The summed E-state index contributed by atoms with van der Waals surface area (Å²) in [5, 5.41) is 3.22. The van der Waals surface area contributed by atoms with Crippen molar-refractivity contribution in [2.45, 2.75) is 27.7 Å². The van der Waals surface area contributed by atoms with Gasteiger partial charge in [0.15, 0.2) is 0 Å². The first-order chi connectivity index (χ1) is 5.84. The number of nitrogens with one attached hydrogen (secondary N) is 1. The fourth-order valence-electron chi connectivity index (χ4n) is 0.919. The fraction of sp³-hybridized carbons (Fsp3) is 0.600. The average molecular weight is 169 g/mol. The van der Waals surface area contributed by atoms with Crippen molar-refractivity contribution in [3.63, 3.8) is 0 Å². The molecule has 1 rings (SSSR count). The van der Waals surface area contributed by atoms with Gasteiger partial charge in [-0.2, -0.15) is 0 Å². The maximum absolute atomic E-state index is 5.36. The Morgan fingerprint density at radius 1 is 1.42 bits per heavy atom. The Morgan fingerprint density at radius 2 is 2.08 bits per heavy atom. The van der Waals surface area contributed by atoms with Gasteiger partial charge in [0.25, 0.3) is 0 Å². The van der Waals surface area contributed by atoms with Gasteiger partial charge in [0, 0.05) is 6.54 Å². The first kappa shape index (κ1) is 11.1. The molecule has 0 saturated carbocycles. The molecule has 0 aromatic heterocycles. The minimum atomic E-state index is 0.775. The molecule has 0 spiro atoms. The second-order valence-corrected chi connectivity index (χ2v) is 2.26. The van der Waals surface area contributed by atoms with Crippen molar-refractivity contribution in [3.05, 3.63) is 23.6 Å². The predicted octanol–water partition coefficient (Wildman–Crippen LogP) is 2.44. The van der Waals surface area contributed by atoms with Gasteiger partial charge >= 0.3 is 0 Å². The lowest BCUT2D eigenvalue weighted by atomic mass is 10.3. The van der Waals surface area contributed by atoms with Crippen LogP contribution in [-0.2, 0) is 4.74 Å². The minimum Gasteiger partial charge on any atom is -0.490 e. The van der Waals surface area contributed by atoms with Crippen LogP contribution in [-0.4, -0.2) is 13.2 Å². The van der Waals surface area contributed by atoms with Gasteiger partial charge in [-0.1, -0.05) is 19.9 Å². The molecule has 0 aliphatic carbocycles. The smallest absolute Gasteiger partial charge is 0.137 e. The average Bonchev–Trinajstić information content (AvgIpc) is 2.13. The quantitative estimate of drug-likeness (QED) is 0.651. The van der Waals surface area contributed by atoms with E-state index in [1.54, 1.807) is 0 Å². The molecule has 12 heavy (non-hydrogen) atoms. The van der Waals surface area contributed by atoms with Gasteiger partial charge in [0.05, 0.1) is 5.70 Å². The molecule has 0 bridgehead atoms. The van der Waals surface area contributed by atoms with Gasteiger partial charge in [-0.3, -0.25) is 0 Å². The largest absolute Gasteiger partial charge is 0.490 e. The third-order valence-electron chi connectivity index (χ3n) is 1.44. The van der Waals surface area contributed by atoms with E-state index >= 15 is 0 Å². The zero-order valence-corrected chi connectivity index (χ0v) is 8.48. The van der Waals surface area contributed by atoms with Crippen LogP contribution in [0.4, 0.5) is 0 Å². The molecule has 2 heteroatoms. The highest BCUT2D eigenvalue weighted by atomic mass is 16.5. The van der Waals surface area contributed by atoms with Crippen molar-refractivity contribution < 1.29 is 4.74 Å². The lowest BCUT2D eigenvalue weighted by Crippen LogP contribution is -2.24. The molecule has 0 aromatic rings. The first-order valence-corrected chi connectivity index (χ1v) is 4.55. The third kappa shape index (κ3) is 3.46. The lowest BCUT2D eigenvalue weighted by Gasteiger charge is -2.18. The fourth-order valence-corrected chi connectivity index (χ4v) is 0.919. The molecule has 1 N–H and O–H groups in total. The van der Waals surface area contributed by atoms with E-state index in [0.29, 0.717) is 0 Å². The van der Waals surface area contributed by atoms with Gasteiger partial charge in [-0.15, -0.1) is 0 Å². The third-order valence-corrected chi connectivity index (χ3v) is 1.44. The SMILES string of the molecule is C/C=C\C1=C(C)NCCO1.CC. The van der Waals surface area contributed by atoms with Crippen LogP contribution in [0, 0.1) is 0 Å². The monoisotopic (exact) mass is 169 g/mol. The molecule has 1 aliphatic heterocycles. The molecule has 0 unspecified atom stereocenters. The highest BCUT2D eigenvalue weighted by Gasteiger charge is 2.04. The lowest BCUT2D eigenvalue weighted by molar-refractivity contribution is 0.204. The molecule has 2 nitrogen and oxygen atoms in total. The zero-order valence-electron chi connectivity index (χ0n) is 8.48. The normalized spacial score (nSPS) is 16.3. The van der Waals surface area contributed by atoms with E-state index in [2.05, 4.69) is 5.32 Å². The van der Waals surface area contributed by atoms with Crippen molar-refractivity contribution in [2.24, 2.45) is 0 Å². The Hall–Kier alpha value is -0.920. The number of ether oxygens (including phenoxy) is 1. The molecule has 1 aliphatic rings. The van der Waals surface area contributed by atoms with E-state index in [1.165, 1.54) is 0 Å². The molecular formula is C10H19NO. The molecule has 0 amide bonds. The molecule has 0 fully saturated rings. The van der Waals surface area contributed by atoms with E-state index in [-0.39, 0.29) is 0 Å². The maximum Gasteiger partial charge on any atom is 0.137 e. The Morgan fingerprint density at radius 3 is 2.58 bits per heavy atom. The van der Waals surface area contributed by atoms with E-state index in [0.717, 1.165) is 24.6 Å². The zero-order chi connectivity index (χ0) is 9.40. The Balaban J connectivity index is 0.000000561. The van der Waals surface area contributed by atoms with E-state index in [4.69, 9.17) is 4.74 Å². The van der Waals surface area contributed by atoms with Crippen molar-refractivity contribution in [2.75, 3.05) is 13.2 Å². The van der Waals surface area contributed by atoms with Crippen LogP contribution in [0.2, 0.25) is 0 Å². The summed E-state index contributed by atoms with van der Waals surface area (Å²) in [5.41, 5.74) is 1.13. The Kier molecular flexibility index (Phi) is 6.25. The topological polar surface area (TPSA) is 21.3 Å². The van der Waals surface area contributed by atoms with E-state index in [1.807, 2.05) is 39.8 Å². The molecule has 1 heterocycles. The van der Waals surface area contributed by atoms with Crippen LogP contribution in [0.1, 0.15) is 27.7 Å². The number of hydrogen-bond acceptors (Lipinski definition) is 2. The van der Waals surface area contributed by atoms with Crippen LogP contribution in [0.5, 0.6) is 0 Å². The van der Waals surface area contributed by atoms with Gasteiger partial charge in [0.1, 0.15) is 12.4 Å². The van der Waals surface area contributed by atoms with Crippen LogP contribution in [0.15, 0.2) is 23.6 Å². The summed E-state index contributed by atoms with van der Waals surface area (Å²) in [6.07, 6.45) is 3.95. The summed E-state index contributed by atoms with van der Waals surface area (Å²) in [6.45, 7) is 9.70. The molecular weight excluding hydrogens is 150 g/mol. The summed E-state index contributed by atoms with van der Waals surface area (Å²) in [4.78, 5) is 0. The van der Waals surface area contributed by atoms with Gasteiger partial charge < -0.3 is 10.1 Å². The van der Waals surface area contributed by atoms with Gasteiger partial charge in [-0.25, -0.2) is 0 Å². The predicted molar refractivity (Wildman–Crippen MR) is 52.8 cm³/mol. The number of allylic oxidation sites excluding steroid dienone is 3. The Bertz CT molecular complexity index is 171. The summed E-state index contributed by atoms with van der Waals surface area (Å²) in [6, 6.07) is 0. The summed E-state index contributed by atoms with van der Waals surface area (Å²) >= 11 is 0. The molecule has 70 valence electrons. The van der Waals surface area contributed by atoms with Crippen LogP contribution in [0.25, 0.3) is 0 Å². The minimum absolute atomic E-state index is 0.775. The summed E-state index contributed by atoms with van der Waals surface area (Å²) in [5.74, 6) is 0.966. The van der Waals surface area contributed by atoms with E-state index < -0.39 is 0 Å². The second-order valence-electron chi connectivity index (χ2n) is 2.26. The van der Waals surface area contributed by atoms with Crippen LogP contribution in [0.3, 0.4) is 0 Å². The van der Waals surface area contributed by atoms with E-state index in [9.17, 15) is 0 Å². The highest BCUT2D eigenvalue weighted by molar-refractivity contribution is 5.18. The first-order valence-electron chi connectivity index (χ1n) is 4.55. The van der Waals surface area contributed by atoms with Crippen molar-refractivity contribution in [3.8, 4) is 0 Å². The Labute approximate surface area is 75.3 Å². The summed E-state index contributed by atoms with van der Waals surface area (Å²) in [7, 11) is 0. The maximum atomic E-state index is 5.36. The van der Waals surface area contributed by atoms with Crippen molar-refractivity contribution in [1.29, 1.82) is 0 Å². The highest BCUT2D eigenvalue weighted by Crippen LogP contribution is 2.08. The standard InChI is InChI=1S/C8H13NO.C2H6/c1-3-4-8-7(2)9-5-6-10-8;1-2/h3-4,9H,5-6H2,1-2H3;1-2H3/b4-3-;. The molecule has 0 saturated heterocycles. The number of rotatable bonds is 1. The van der Waals surface area contributed by atoms with Crippen LogP contribution >= 0.6 is 0 Å². The second kappa shape index (κ2) is 6.77. The van der Waals surface area contributed by atoms with Crippen LogP contribution < -0.4 is 5.32 Å². The van der Waals surface area contributed by atoms with Crippen molar-refractivity contribution >= 4 is 0 Å². The number of hydrogen-bond donors (Lipinski definition) is 1. The molecule has 0 aromatic carbocycles. The molecule has 0 radical (unpaired) electrons.